The van der Waals surface area contributed by atoms with Crippen molar-refractivity contribution in [3.05, 3.63) is 122 Å². The van der Waals surface area contributed by atoms with Gasteiger partial charge in [-0.15, -0.1) is 0 Å². The van der Waals surface area contributed by atoms with Crippen molar-refractivity contribution in [2.75, 3.05) is 0 Å². The molecule has 39 heavy (non-hydrogen) atoms. The fourth-order valence-electron chi connectivity index (χ4n) is 3.08. The van der Waals surface area contributed by atoms with Crippen molar-refractivity contribution >= 4 is 0 Å². The number of nitrogens with zero attached hydrogens (tertiary/aromatic N) is 10. The second-order valence-electron chi connectivity index (χ2n) is 7.80. The summed E-state index contributed by atoms with van der Waals surface area (Å²) in [6.07, 6.45) is 23.3. The van der Waals surface area contributed by atoms with E-state index in [9.17, 15) is 0 Å². The Labute approximate surface area is 239 Å². The summed E-state index contributed by atoms with van der Waals surface area (Å²) >= 11 is 0. The standard InChI is InChI=1S/C12H12N2.2C8H6N4.Ru/c1-9-3-5-13-11(7-9)12-8-10(2)4-6-14-12;2*1-3-11-7(5-9-1)8-6-10-2-4-12-8;/h3-8H,1-2H3;2*1-6H;/q;;;+2. The molecule has 6 rings (SSSR count). The third-order valence-electron chi connectivity index (χ3n) is 4.87. The van der Waals surface area contributed by atoms with Gasteiger partial charge in [-0.05, 0) is 49.2 Å². The van der Waals surface area contributed by atoms with E-state index in [-0.39, 0.29) is 19.5 Å². The first kappa shape index (κ1) is 28.8. The Morgan fingerprint density at radius 3 is 0.872 bits per heavy atom. The number of hydrogen-bond acceptors (Lipinski definition) is 10. The van der Waals surface area contributed by atoms with Crippen molar-refractivity contribution in [1.29, 1.82) is 0 Å². The molecule has 0 atom stereocenters. The number of hydrogen-bond donors (Lipinski definition) is 0. The summed E-state index contributed by atoms with van der Waals surface area (Å²) in [5.41, 5.74) is 7.26. The van der Waals surface area contributed by atoms with Crippen molar-refractivity contribution < 1.29 is 19.5 Å². The zero-order valence-corrected chi connectivity index (χ0v) is 23.0. The van der Waals surface area contributed by atoms with Crippen LogP contribution in [-0.2, 0) is 19.5 Å². The Hall–Kier alpha value is -4.76. The minimum absolute atomic E-state index is 0. The molecule has 0 spiro atoms. The molecule has 6 aromatic rings. The molecule has 6 aromatic heterocycles. The van der Waals surface area contributed by atoms with Crippen LogP contribution in [0.1, 0.15) is 11.1 Å². The van der Waals surface area contributed by atoms with E-state index >= 15 is 0 Å². The fraction of sp³-hybridized carbons (Fsp3) is 0.0714. The molecule has 0 amide bonds. The SMILES string of the molecule is Cc1ccnc(-c2cc(C)ccn2)c1.[Ru+2].c1cnc(-c2cnccn2)cn1.c1cnc(-c2cnccn2)cn1. The zero-order valence-electron chi connectivity index (χ0n) is 21.2. The van der Waals surface area contributed by atoms with E-state index in [1.54, 1.807) is 74.4 Å². The first-order valence-electron chi connectivity index (χ1n) is 11.6. The summed E-state index contributed by atoms with van der Waals surface area (Å²) in [6.45, 7) is 4.11. The fourth-order valence-corrected chi connectivity index (χ4v) is 3.08. The Bertz CT molecular complexity index is 1330. The Morgan fingerprint density at radius 2 is 0.641 bits per heavy atom. The summed E-state index contributed by atoms with van der Waals surface area (Å²) < 4.78 is 0. The molecule has 0 aliphatic carbocycles. The molecule has 0 aliphatic heterocycles. The maximum atomic E-state index is 4.29. The molecule has 0 aliphatic rings. The molecule has 0 unspecified atom stereocenters. The van der Waals surface area contributed by atoms with Gasteiger partial charge >= 0.3 is 19.5 Å². The monoisotopic (exact) mass is 602 g/mol. The molecule has 0 bridgehead atoms. The van der Waals surface area contributed by atoms with Crippen LogP contribution >= 0.6 is 0 Å². The molecule has 0 radical (unpaired) electrons. The third kappa shape index (κ3) is 9.25. The van der Waals surface area contributed by atoms with E-state index in [1.807, 2.05) is 36.7 Å². The number of rotatable bonds is 3. The van der Waals surface area contributed by atoms with Crippen LogP contribution in [0.25, 0.3) is 34.2 Å². The topological polar surface area (TPSA) is 129 Å². The second kappa shape index (κ2) is 15.5. The molecular weight excluding hydrogens is 577 g/mol. The van der Waals surface area contributed by atoms with Crippen LogP contribution in [0.3, 0.4) is 0 Å². The molecule has 11 heteroatoms. The smallest absolute Gasteiger partial charge is 0.261 e. The minimum atomic E-state index is 0. The number of aromatic nitrogens is 10. The van der Waals surface area contributed by atoms with Crippen molar-refractivity contribution in [2.45, 2.75) is 13.8 Å². The van der Waals surface area contributed by atoms with Gasteiger partial charge in [-0.3, -0.25) is 49.8 Å². The summed E-state index contributed by atoms with van der Waals surface area (Å²) in [5.74, 6) is 0. The molecule has 0 N–H and O–H groups in total. The van der Waals surface area contributed by atoms with Crippen molar-refractivity contribution in [1.82, 2.24) is 49.8 Å². The van der Waals surface area contributed by atoms with E-state index in [4.69, 9.17) is 0 Å². The predicted octanol–water partition coefficient (Wildman–Crippen LogP) is 4.63. The summed E-state index contributed by atoms with van der Waals surface area (Å²) in [7, 11) is 0. The van der Waals surface area contributed by atoms with Gasteiger partial charge in [-0.25, -0.2) is 0 Å². The van der Waals surface area contributed by atoms with Gasteiger partial charge in [0.15, 0.2) is 0 Å². The van der Waals surface area contributed by atoms with Crippen LogP contribution in [0.5, 0.6) is 0 Å². The van der Waals surface area contributed by atoms with Crippen LogP contribution in [0, 0.1) is 13.8 Å². The molecule has 0 saturated carbocycles. The molecule has 0 aromatic carbocycles. The van der Waals surface area contributed by atoms with E-state index < -0.39 is 0 Å². The van der Waals surface area contributed by atoms with Crippen LogP contribution in [-0.4, -0.2) is 49.8 Å². The van der Waals surface area contributed by atoms with Gasteiger partial charge in [0.2, 0.25) is 0 Å². The van der Waals surface area contributed by atoms with Gasteiger partial charge in [0.05, 0.1) is 36.2 Å². The predicted molar refractivity (Wildman–Crippen MR) is 143 cm³/mol. The average molecular weight is 602 g/mol. The Kier molecular flexibility index (Phi) is 11.4. The van der Waals surface area contributed by atoms with Gasteiger partial charge in [0.25, 0.3) is 0 Å². The van der Waals surface area contributed by atoms with E-state index in [2.05, 4.69) is 63.7 Å². The van der Waals surface area contributed by atoms with E-state index in [1.165, 1.54) is 11.1 Å². The molecular formula is C28H24N10Ru+2. The van der Waals surface area contributed by atoms with Gasteiger partial charge in [-0.1, -0.05) is 0 Å². The second-order valence-corrected chi connectivity index (χ2v) is 7.80. The first-order valence-corrected chi connectivity index (χ1v) is 11.6. The first-order chi connectivity index (χ1) is 18.7. The molecule has 192 valence electrons. The van der Waals surface area contributed by atoms with E-state index in [0.717, 1.165) is 34.2 Å². The third-order valence-corrected chi connectivity index (χ3v) is 4.87. The molecule has 6 heterocycles. The largest absolute Gasteiger partial charge is 2.00 e. The van der Waals surface area contributed by atoms with Crippen LogP contribution in [0.15, 0.2) is 111 Å². The Balaban J connectivity index is 0.000000160. The summed E-state index contributed by atoms with van der Waals surface area (Å²) in [4.78, 5) is 40.6. The van der Waals surface area contributed by atoms with Crippen LogP contribution in [0.2, 0.25) is 0 Å². The number of pyridine rings is 2. The van der Waals surface area contributed by atoms with Gasteiger partial charge in [0.1, 0.15) is 22.8 Å². The van der Waals surface area contributed by atoms with Crippen molar-refractivity contribution in [3.63, 3.8) is 0 Å². The minimum Gasteiger partial charge on any atom is -0.261 e. The Morgan fingerprint density at radius 1 is 0.359 bits per heavy atom. The summed E-state index contributed by atoms with van der Waals surface area (Å²) in [6, 6.07) is 8.06. The van der Waals surface area contributed by atoms with Gasteiger partial charge in [-0.2, -0.15) is 0 Å². The van der Waals surface area contributed by atoms with Crippen molar-refractivity contribution in [3.8, 4) is 34.2 Å². The summed E-state index contributed by atoms with van der Waals surface area (Å²) in [5, 5.41) is 0. The van der Waals surface area contributed by atoms with Gasteiger partial charge in [0, 0.05) is 62.0 Å². The quantitative estimate of drug-likeness (QED) is 0.265. The molecule has 10 nitrogen and oxygen atoms in total. The molecule has 0 saturated heterocycles. The maximum Gasteiger partial charge on any atom is 2.00 e. The van der Waals surface area contributed by atoms with E-state index in [0.29, 0.717) is 0 Å². The molecule has 0 fully saturated rings. The van der Waals surface area contributed by atoms with Crippen LogP contribution in [0.4, 0.5) is 0 Å². The normalized spacial score (nSPS) is 9.59. The van der Waals surface area contributed by atoms with Crippen LogP contribution < -0.4 is 0 Å². The maximum absolute atomic E-state index is 4.29. The zero-order chi connectivity index (χ0) is 26.4. The van der Waals surface area contributed by atoms with Gasteiger partial charge < -0.3 is 0 Å². The number of aryl methyl sites for hydroxylation is 2. The average Bonchev–Trinajstić information content (AvgIpc) is 3.00. The van der Waals surface area contributed by atoms with Crippen molar-refractivity contribution in [2.24, 2.45) is 0 Å².